The largest absolute Gasteiger partial charge is 0.310 e. The van der Waals surface area contributed by atoms with E-state index in [9.17, 15) is 0 Å². The molecule has 10 aromatic rings. The third-order valence-corrected chi connectivity index (χ3v) is 11.0. The van der Waals surface area contributed by atoms with E-state index in [1.807, 2.05) is 11.3 Å². The highest BCUT2D eigenvalue weighted by Crippen LogP contribution is 2.49. The summed E-state index contributed by atoms with van der Waals surface area (Å²) < 4.78 is 2.61. The molecule has 0 radical (unpaired) electrons. The van der Waals surface area contributed by atoms with E-state index in [4.69, 9.17) is 0 Å². The fourth-order valence-electron chi connectivity index (χ4n) is 7.54. The van der Waals surface area contributed by atoms with E-state index in [1.165, 1.54) is 80.1 Å². The Morgan fingerprint density at radius 2 is 0.938 bits per heavy atom. The number of rotatable bonds is 4. The molecule has 0 aliphatic heterocycles. The van der Waals surface area contributed by atoms with Crippen LogP contribution < -0.4 is 4.90 Å². The van der Waals surface area contributed by atoms with Gasteiger partial charge in [0.1, 0.15) is 0 Å². The lowest BCUT2D eigenvalue weighted by atomic mass is 9.98. The average molecular weight is 628 g/mol. The Hall–Kier alpha value is -5.96. The molecule has 0 saturated heterocycles. The van der Waals surface area contributed by atoms with Crippen LogP contribution in [-0.2, 0) is 0 Å². The third kappa shape index (κ3) is 4.24. The summed E-state index contributed by atoms with van der Waals surface area (Å²) in [6.07, 6.45) is 0. The fourth-order valence-corrected chi connectivity index (χ4v) is 8.80. The first kappa shape index (κ1) is 27.2. The average Bonchev–Trinajstić information content (AvgIpc) is 3.55. The Bertz CT molecular complexity index is 2850. The van der Waals surface area contributed by atoms with Gasteiger partial charge in [-0.3, -0.25) is 0 Å². The predicted molar refractivity (Wildman–Crippen MR) is 209 cm³/mol. The predicted octanol–water partition coefficient (Wildman–Crippen LogP) is 13.8. The summed E-state index contributed by atoms with van der Waals surface area (Å²) >= 11 is 1.89. The van der Waals surface area contributed by atoms with E-state index < -0.39 is 0 Å². The number of hydrogen-bond donors (Lipinski definition) is 0. The third-order valence-electron chi connectivity index (χ3n) is 9.81. The topological polar surface area (TPSA) is 3.24 Å². The minimum Gasteiger partial charge on any atom is -0.310 e. The molecule has 9 aromatic carbocycles. The first-order chi connectivity index (χ1) is 23.8. The Kier molecular flexibility index (Phi) is 6.12. The molecule has 0 aliphatic carbocycles. The number of fused-ring (bicyclic) bond motifs is 9. The van der Waals surface area contributed by atoms with Crippen LogP contribution in [0.1, 0.15) is 0 Å². The molecule has 1 aromatic heterocycles. The van der Waals surface area contributed by atoms with Crippen LogP contribution in [0.25, 0.3) is 74.4 Å². The highest BCUT2D eigenvalue weighted by atomic mass is 32.1. The van der Waals surface area contributed by atoms with E-state index in [0.717, 1.165) is 11.4 Å². The molecular weight excluding hydrogens is 599 g/mol. The van der Waals surface area contributed by atoms with Crippen molar-refractivity contribution in [2.75, 3.05) is 4.90 Å². The van der Waals surface area contributed by atoms with Crippen molar-refractivity contribution in [3.8, 4) is 11.1 Å². The minimum absolute atomic E-state index is 1.14. The van der Waals surface area contributed by atoms with Gasteiger partial charge in [0.25, 0.3) is 0 Å². The second-order valence-electron chi connectivity index (χ2n) is 12.5. The Labute approximate surface area is 282 Å². The van der Waals surface area contributed by atoms with Crippen molar-refractivity contribution in [3.63, 3.8) is 0 Å². The molecule has 224 valence electrons. The maximum atomic E-state index is 2.48. The van der Waals surface area contributed by atoms with Crippen molar-refractivity contribution >= 4 is 91.7 Å². The van der Waals surface area contributed by atoms with Crippen LogP contribution in [0.15, 0.2) is 176 Å². The van der Waals surface area contributed by atoms with Crippen LogP contribution in [0.3, 0.4) is 0 Å². The van der Waals surface area contributed by atoms with Crippen LogP contribution in [0.5, 0.6) is 0 Å². The quantitative estimate of drug-likeness (QED) is 0.176. The van der Waals surface area contributed by atoms with Gasteiger partial charge in [-0.05, 0) is 90.6 Å². The number of thiophene rings is 1. The van der Waals surface area contributed by atoms with Gasteiger partial charge >= 0.3 is 0 Å². The van der Waals surface area contributed by atoms with Gasteiger partial charge in [-0.15, -0.1) is 11.3 Å². The summed E-state index contributed by atoms with van der Waals surface area (Å²) in [5, 5.41) is 12.6. The van der Waals surface area contributed by atoms with Crippen molar-refractivity contribution in [3.05, 3.63) is 176 Å². The van der Waals surface area contributed by atoms with E-state index in [-0.39, 0.29) is 0 Å². The molecule has 0 unspecified atom stereocenters. The number of anilines is 3. The Balaban J connectivity index is 1.29. The van der Waals surface area contributed by atoms with Crippen LogP contribution in [-0.4, -0.2) is 0 Å². The minimum atomic E-state index is 1.14. The lowest BCUT2D eigenvalue weighted by Crippen LogP contribution is -2.10. The smallest absolute Gasteiger partial charge is 0.0555 e. The van der Waals surface area contributed by atoms with Crippen LogP contribution in [0.2, 0.25) is 0 Å². The van der Waals surface area contributed by atoms with Gasteiger partial charge in [-0.2, -0.15) is 0 Å². The van der Waals surface area contributed by atoms with Gasteiger partial charge in [-0.1, -0.05) is 140 Å². The van der Waals surface area contributed by atoms with Crippen LogP contribution in [0.4, 0.5) is 17.1 Å². The zero-order valence-corrected chi connectivity index (χ0v) is 26.9. The van der Waals surface area contributed by atoms with E-state index in [2.05, 4.69) is 181 Å². The van der Waals surface area contributed by atoms with Gasteiger partial charge in [0, 0.05) is 31.5 Å². The van der Waals surface area contributed by atoms with Crippen molar-refractivity contribution < 1.29 is 0 Å². The molecule has 0 spiro atoms. The van der Waals surface area contributed by atoms with E-state index >= 15 is 0 Å². The molecule has 10 rings (SSSR count). The molecule has 0 fully saturated rings. The molecule has 0 aliphatic rings. The van der Waals surface area contributed by atoms with Gasteiger partial charge in [0.05, 0.1) is 5.69 Å². The fraction of sp³-hybridized carbons (Fsp3) is 0. The zero-order chi connectivity index (χ0) is 31.6. The number of benzene rings is 9. The maximum Gasteiger partial charge on any atom is 0.0555 e. The molecular formula is C46H29NS. The van der Waals surface area contributed by atoms with Crippen LogP contribution >= 0.6 is 11.3 Å². The SMILES string of the molecule is c1ccc(-c2ccc(N(c3ccc4c(ccc5ccccc54)c3)c3ccc4ccc5ccccc5c4c3)c3c2sc2ccccc23)cc1. The number of nitrogens with zero attached hydrogens (tertiary/aromatic N) is 1. The molecule has 1 nitrogen and oxygen atoms in total. The summed E-state index contributed by atoms with van der Waals surface area (Å²) in [4.78, 5) is 2.48. The molecule has 0 atom stereocenters. The lowest BCUT2D eigenvalue weighted by Gasteiger charge is -2.28. The summed E-state index contributed by atoms with van der Waals surface area (Å²) in [5.41, 5.74) is 5.97. The Morgan fingerprint density at radius 3 is 1.73 bits per heavy atom. The van der Waals surface area contributed by atoms with Crippen molar-refractivity contribution in [1.29, 1.82) is 0 Å². The standard InChI is InChI=1S/C46H29NS/c1-2-10-30(11-3-1)40-26-27-43(45-41-16-8-9-17-44(41)48-46(40)45)47(35-24-25-39-34(28-35)21-20-31-12-4-6-14-37(31)39)36-23-22-33-19-18-32-13-5-7-15-38(32)42(33)29-36/h1-29H. The van der Waals surface area contributed by atoms with Gasteiger partial charge in [-0.25, -0.2) is 0 Å². The lowest BCUT2D eigenvalue weighted by molar-refractivity contribution is 1.31. The van der Waals surface area contributed by atoms with Crippen molar-refractivity contribution in [2.24, 2.45) is 0 Å². The molecule has 0 saturated carbocycles. The van der Waals surface area contributed by atoms with Crippen molar-refractivity contribution in [2.45, 2.75) is 0 Å². The van der Waals surface area contributed by atoms with Crippen molar-refractivity contribution in [1.82, 2.24) is 0 Å². The zero-order valence-electron chi connectivity index (χ0n) is 26.1. The summed E-state index contributed by atoms with van der Waals surface area (Å²) in [6, 6.07) is 64.6. The molecule has 48 heavy (non-hydrogen) atoms. The van der Waals surface area contributed by atoms with Gasteiger partial charge in [0.2, 0.25) is 0 Å². The molecule has 0 amide bonds. The monoisotopic (exact) mass is 627 g/mol. The summed E-state index contributed by atoms with van der Waals surface area (Å²) in [7, 11) is 0. The van der Waals surface area contributed by atoms with E-state index in [1.54, 1.807) is 0 Å². The maximum absolute atomic E-state index is 2.48. The second kappa shape index (κ2) is 10.8. The highest BCUT2D eigenvalue weighted by Gasteiger charge is 2.22. The number of hydrogen-bond acceptors (Lipinski definition) is 2. The first-order valence-electron chi connectivity index (χ1n) is 16.4. The van der Waals surface area contributed by atoms with Gasteiger partial charge in [0.15, 0.2) is 0 Å². The first-order valence-corrected chi connectivity index (χ1v) is 17.2. The summed E-state index contributed by atoms with van der Waals surface area (Å²) in [6.45, 7) is 0. The van der Waals surface area contributed by atoms with E-state index in [0.29, 0.717) is 0 Å². The normalized spacial score (nSPS) is 11.8. The van der Waals surface area contributed by atoms with Crippen LogP contribution in [0, 0.1) is 0 Å². The van der Waals surface area contributed by atoms with Gasteiger partial charge < -0.3 is 4.90 Å². The molecule has 1 heterocycles. The molecule has 0 bridgehead atoms. The summed E-state index contributed by atoms with van der Waals surface area (Å²) in [5.74, 6) is 0. The second-order valence-corrected chi connectivity index (χ2v) is 13.6. The Morgan fingerprint density at radius 1 is 0.375 bits per heavy atom. The highest BCUT2D eigenvalue weighted by molar-refractivity contribution is 7.26. The molecule has 2 heteroatoms. The molecule has 0 N–H and O–H groups in total.